The Morgan fingerprint density at radius 3 is 2.12 bits per heavy atom. The van der Waals surface area contributed by atoms with Crippen LogP contribution in [0.2, 0.25) is 0 Å². The summed E-state index contributed by atoms with van der Waals surface area (Å²) in [7, 11) is 0. The maximum atomic E-state index is 2.32. The molecule has 0 atom stereocenters. The van der Waals surface area contributed by atoms with Gasteiger partial charge in [-0.25, -0.2) is 0 Å². The molecular formula is C8H10. The Kier molecular flexibility index (Phi) is 0.585. The lowest BCUT2D eigenvalue weighted by Crippen LogP contribution is -2.00. The van der Waals surface area contributed by atoms with Crippen molar-refractivity contribution >= 4 is 0 Å². The highest BCUT2D eigenvalue weighted by Gasteiger charge is 2.30. The molecule has 0 heterocycles. The van der Waals surface area contributed by atoms with Gasteiger partial charge in [-0.15, -0.1) is 0 Å². The van der Waals surface area contributed by atoms with Crippen molar-refractivity contribution in [1.29, 1.82) is 0 Å². The van der Waals surface area contributed by atoms with E-state index in [1.54, 1.807) is 0 Å². The summed E-state index contributed by atoms with van der Waals surface area (Å²) in [6.45, 7) is 2.28. The lowest BCUT2D eigenvalue weighted by molar-refractivity contribution is 0.536. The van der Waals surface area contributed by atoms with E-state index < -0.39 is 0 Å². The highest BCUT2D eigenvalue weighted by Crippen LogP contribution is 2.42. The van der Waals surface area contributed by atoms with Gasteiger partial charge in [-0.05, 0) is 12.3 Å². The first-order valence-corrected chi connectivity index (χ1v) is 3.17. The predicted molar refractivity (Wildman–Crippen MR) is 34.5 cm³/mol. The van der Waals surface area contributed by atoms with E-state index in [1.807, 2.05) is 0 Å². The Morgan fingerprint density at radius 2 is 2.00 bits per heavy atom. The summed E-state index contributed by atoms with van der Waals surface area (Å²) in [4.78, 5) is 0. The lowest BCUT2D eigenvalue weighted by Gasteiger charge is -2.10. The minimum atomic E-state index is 0.449. The monoisotopic (exact) mass is 106 g/mol. The average Bonchev–Trinajstić information content (AvgIpc) is 2.21. The Morgan fingerprint density at radius 1 is 1.38 bits per heavy atom. The molecule has 0 saturated heterocycles. The highest BCUT2D eigenvalue weighted by atomic mass is 14.3. The number of rotatable bonds is 0. The van der Waals surface area contributed by atoms with Crippen LogP contribution in [0.5, 0.6) is 0 Å². The van der Waals surface area contributed by atoms with Crippen LogP contribution in [0.25, 0.3) is 0 Å². The molecule has 0 aromatic heterocycles. The predicted octanol–water partition coefficient (Wildman–Crippen LogP) is 2.14. The number of hydrogen-bond acceptors (Lipinski definition) is 0. The van der Waals surface area contributed by atoms with Crippen molar-refractivity contribution in [3.05, 3.63) is 24.3 Å². The molecule has 0 heteroatoms. The van der Waals surface area contributed by atoms with Gasteiger partial charge in [0.25, 0.3) is 0 Å². The molecule has 0 fully saturated rings. The van der Waals surface area contributed by atoms with Gasteiger partial charge in [0.15, 0.2) is 0 Å². The van der Waals surface area contributed by atoms with E-state index in [0.717, 1.165) is 5.92 Å². The minimum Gasteiger partial charge on any atom is -0.0807 e. The molecule has 0 N–H and O–H groups in total. The topological polar surface area (TPSA) is 0 Å². The normalized spacial score (nSPS) is 48.9. The fourth-order valence-electron chi connectivity index (χ4n) is 1.59. The molecule has 0 amide bonds. The molecule has 2 rings (SSSR count). The standard InChI is InChI=1S/C8H10/c1-8-4-2-7(6-8)3-5-8/h2-5,7H,6H2,1H3. The summed E-state index contributed by atoms with van der Waals surface area (Å²) in [5, 5.41) is 0. The third-order valence-corrected chi connectivity index (χ3v) is 2.12. The van der Waals surface area contributed by atoms with Crippen molar-refractivity contribution in [3.63, 3.8) is 0 Å². The maximum Gasteiger partial charge on any atom is 0.00417 e. The minimum absolute atomic E-state index is 0.449. The van der Waals surface area contributed by atoms with E-state index in [2.05, 4.69) is 31.2 Å². The van der Waals surface area contributed by atoms with E-state index in [9.17, 15) is 0 Å². The summed E-state index contributed by atoms with van der Waals surface area (Å²) in [5.74, 6) is 0.778. The smallest absolute Gasteiger partial charge is 0.00417 e. The second-order valence-corrected chi connectivity index (χ2v) is 3.09. The summed E-state index contributed by atoms with van der Waals surface area (Å²) in [6, 6.07) is 0. The average molecular weight is 106 g/mol. The number of fused-ring (bicyclic) bond motifs is 2. The quantitative estimate of drug-likeness (QED) is 0.415. The van der Waals surface area contributed by atoms with Crippen molar-refractivity contribution < 1.29 is 0 Å². The van der Waals surface area contributed by atoms with E-state index in [-0.39, 0.29) is 0 Å². The van der Waals surface area contributed by atoms with Gasteiger partial charge in [-0.3, -0.25) is 0 Å². The third-order valence-electron chi connectivity index (χ3n) is 2.12. The van der Waals surface area contributed by atoms with Crippen LogP contribution in [0, 0.1) is 11.3 Å². The van der Waals surface area contributed by atoms with E-state index in [4.69, 9.17) is 0 Å². The largest absolute Gasteiger partial charge is 0.0807 e. The second-order valence-electron chi connectivity index (χ2n) is 3.09. The van der Waals surface area contributed by atoms with Gasteiger partial charge in [0.1, 0.15) is 0 Å². The second kappa shape index (κ2) is 1.07. The van der Waals surface area contributed by atoms with Crippen LogP contribution in [0.15, 0.2) is 24.3 Å². The van der Waals surface area contributed by atoms with Gasteiger partial charge in [-0.1, -0.05) is 31.2 Å². The van der Waals surface area contributed by atoms with E-state index in [0.29, 0.717) is 5.41 Å². The maximum absolute atomic E-state index is 2.32. The van der Waals surface area contributed by atoms with Crippen molar-refractivity contribution in [1.82, 2.24) is 0 Å². The molecule has 0 unspecified atom stereocenters. The zero-order chi connectivity index (χ0) is 5.61. The highest BCUT2D eigenvalue weighted by molar-refractivity contribution is 5.27. The van der Waals surface area contributed by atoms with Crippen LogP contribution in [0.1, 0.15) is 13.3 Å². The number of allylic oxidation sites excluding steroid dienone is 4. The zero-order valence-corrected chi connectivity index (χ0v) is 5.09. The van der Waals surface area contributed by atoms with Gasteiger partial charge in [0.05, 0.1) is 0 Å². The van der Waals surface area contributed by atoms with Crippen molar-refractivity contribution in [2.45, 2.75) is 13.3 Å². The molecule has 0 aromatic carbocycles. The first kappa shape index (κ1) is 4.37. The van der Waals surface area contributed by atoms with Gasteiger partial charge < -0.3 is 0 Å². The fraction of sp³-hybridized carbons (Fsp3) is 0.500. The van der Waals surface area contributed by atoms with Crippen LogP contribution in [-0.2, 0) is 0 Å². The molecule has 0 radical (unpaired) electrons. The molecule has 2 bridgehead atoms. The van der Waals surface area contributed by atoms with Crippen LogP contribution in [0.4, 0.5) is 0 Å². The molecule has 0 spiro atoms. The van der Waals surface area contributed by atoms with Crippen LogP contribution in [-0.4, -0.2) is 0 Å². The molecule has 0 aliphatic heterocycles. The van der Waals surface area contributed by atoms with Gasteiger partial charge >= 0.3 is 0 Å². The third kappa shape index (κ3) is 0.405. The zero-order valence-electron chi connectivity index (χ0n) is 5.09. The Balaban J connectivity index is 2.43. The Labute approximate surface area is 49.9 Å². The van der Waals surface area contributed by atoms with Crippen molar-refractivity contribution in [2.75, 3.05) is 0 Å². The Hall–Kier alpha value is -0.520. The molecule has 0 saturated carbocycles. The molecule has 0 nitrogen and oxygen atoms in total. The molecule has 8 heavy (non-hydrogen) atoms. The number of hydrogen-bond donors (Lipinski definition) is 0. The van der Waals surface area contributed by atoms with Gasteiger partial charge in [0, 0.05) is 5.41 Å². The summed E-state index contributed by atoms with van der Waals surface area (Å²) < 4.78 is 0. The van der Waals surface area contributed by atoms with Gasteiger partial charge in [0.2, 0.25) is 0 Å². The molecule has 2 aliphatic rings. The van der Waals surface area contributed by atoms with Gasteiger partial charge in [-0.2, -0.15) is 0 Å². The SMILES string of the molecule is CC12C=CC(C=C1)C2. The summed E-state index contributed by atoms with van der Waals surface area (Å²) >= 11 is 0. The summed E-state index contributed by atoms with van der Waals surface area (Å²) in [5.41, 5.74) is 0.449. The first-order valence-electron chi connectivity index (χ1n) is 3.17. The van der Waals surface area contributed by atoms with Crippen LogP contribution >= 0.6 is 0 Å². The fourth-order valence-corrected chi connectivity index (χ4v) is 1.59. The summed E-state index contributed by atoms with van der Waals surface area (Å²) in [6.07, 6.45) is 10.6. The molecule has 0 aromatic rings. The molecule has 2 aliphatic carbocycles. The van der Waals surface area contributed by atoms with Crippen molar-refractivity contribution in [2.24, 2.45) is 11.3 Å². The van der Waals surface area contributed by atoms with Crippen molar-refractivity contribution in [3.8, 4) is 0 Å². The van der Waals surface area contributed by atoms with E-state index >= 15 is 0 Å². The van der Waals surface area contributed by atoms with Crippen LogP contribution < -0.4 is 0 Å². The first-order chi connectivity index (χ1) is 3.79. The van der Waals surface area contributed by atoms with E-state index in [1.165, 1.54) is 6.42 Å². The van der Waals surface area contributed by atoms with Crippen LogP contribution in [0.3, 0.4) is 0 Å². The lowest BCUT2D eigenvalue weighted by atomic mass is 9.94. The molecule has 42 valence electrons. The Bertz CT molecular complexity index is 149. The molecular weight excluding hydrogens is 96.1 g/mol.